The monoisotopic (exact) mass is 202 g/mol. The molecule has 1 unspecified atom stereocenters. The van der Waals surface area contributed by atoms with Gasteiger partial charge in [0.25, 0.3) is 0 Å². The number of carbonyl (C=O) groups is 1. The fraction of sp³-hybridized carbons (Fsp3) is 0.250. The number of rotatable bonds is 3. The first-order valence-corrected chi connectivity index (χ1v) is 3.60. The number of hydrogen-bond donors (Lipinski definition) is 2. The van der Waals surface area contributed by atoms with Crippen LogP contribution >= 0.6 is 12.4 Å². The molecule has 5 heteroatoms. The first-order chi connectivity index (χ1) is 5.70. The lowest BCUT2D eigenvalue weighted by molar-refractivity contribution is -0.137. The maximum Gasteiger partial charge on any atom is 0.325 e. The summed E-state index contributed by atoms with van der Waals surface area (Å²) in [7, 11) is 0. The Labute approximate surface area is 82.4 Å². The molecule has 0 aromatic carbocycles. The second kappa shape index (κ2) is 5.37. The van der Waals surface area contributed by atoms with Gasteiger partial charge in [-0.05, 0) is 19.1 Å². The summed E-state index contributed by atoms with van der Waals surface area (Å²) in [5.41, 5.74) is 0. The van der Waals surface area contributed by atoms with E-state index in [1.807, 2.05) is 0 Å². The van der Waals surface area contributed by atoms with Gasteiger partial charge in [-0.3, -0.25) is 4.79 Å². The van der Waals surface area contributed by atoms with Crippen LogP contribution in [0.5, 0.6) is 0 Å². The summed E-state index contributed by atoms with van der Waals surface area (Å²) in [5, 5.41) is 11.3. The molecule has 0 radical (unpaired) electrons. The number of anilines is 1. The maximum absolute atomic E-state index is 10.4. The van der Waals surface area contributed by atoms with Crippen molar-refractivity contribution in [1.82, 2.24) is 4.98 Å². The molecule has 0 spiro atoms. The number of hydrogen-bond acceptors (Lipinski definition) is 3. The van der Waals surface area contributed by atoms with Crippen LogP contribution in [0.2, 0.25) is 0 Å². The molecule has 13 heavy (non-hydrogen) atoms. The summed E-state index contributed by atoms with van der Waals surface area (Å²) in [6.07, 6.45) is 1.61. The molecule has 0 fully saturated rings. The van der Waals surface area contributed by atoms with Crippen molar-refractivity contribution in [2.24, 2.45) is 0 Å². The SMILES string of the molecule is CC(Nc1ccccn1)C(=O)O.Cl. The average molecular weight is 203 g/mol. The van der Waals surface area contributed by atoms with E-state index in [1.165, 1.54) is 0 Å². The van der Waals surface area contributed by atoms with Gasteiger partial charge in [0.15, 0.2) is 0 Å². The fourth-order valence-electron chi connectivity index (χ4n) is 0.732. The van der Waals surface area contributed by atoms with Gasteiger partial charge in [0.1, 0.15) is 11.9 Å². The quantitative estimate of drug-likeness (QED) is 0.778. The standard InChI is InChI=1S/C8H10N2O2.ClH/c1-6(8(11)12)10-7-4-2-3-5-9-7;/h2-6H,1H3,(H,9,10)(H,11,12);1H. The Kier molecular flexibility index (Phi) is 4.84. The van der Waals surface area contributed by atoms with Crippen LogP contribution in [0.4, 0.5) is 5.82 Å². The normalized spacial score (nSPS) is 11.2. The molecule has 1 atom stereocenters. The summed E-state index contributed by atoms with van der Waals surface area (Å²) in [6.45, 7) is 1.57. The smallest absolute Gasteiger partial charge is 0.325 e. The summed E-state index contributed by atoms with van der Waals surface area (Å²) in [6, 6.07) is 4.68. The van der Waals surface area contributed by atoms with Crippen LogP contribution in [0.3, 0.4) is 0 Å². The predicted octanol–water partition coefficient (Wildman–Crippen LogP) is 1.39. The molecular formula is C8H11ClN2O2. The van der Waals surface area contributed by atoms with Crippen molar-refractivity contribution in [3.05, 3.63) is 24.4 Å². The van der Waals surface area contributed by atoms with Crippen molar-refractivity contribution in [3.8, 4) is 0 Å². The summed E-state index contributed by atoms with van der Waals surface area (Å²) in [5.74, 6) is -0.312. The zero-order valence-electron chi connectivity index (χ0n) is 7.10. The Hall–Kier alpha value is -1.29. The number of halogens is 1. The van der Waals surface area contributed by atoms with Crippen LogP contribution in [-0.4, -0.2) is 22.1 Å². The van der Waals surface area contributed by atoms with E-state index in [4.69, 9.17) is 5.11 Å². The Morgan fingerprint density at radius 1 is 1.62 bits per heavy atom. The van der Waals surface area contributed by atoms with Crippen LogP contribution in [-0.2, 0) is 4.79 Å². The zero-order valence-corrected chi connectivity index (χ0v) is 7.91. The van der Waals surface area contributed by atoms with Gasteiger partial charge in [-0.1, -0.05) is 6.07 Å². The topological polar surface area (TPSA) is 62.2 Å². The number of nitrogens with one attached hydrogen (secondary N) is 1. The van der Waals surface area contributed by atoms with Crippen molar-refractivity contribution in [2.45, 2.75) is 13.0 Å². The average Bonchev–Trinajstić information content (AvgIpc) is 2.06. The van der Waals surface area contributed by atoms with Crippen molar-refractivity contribution in [2.75, 3.05) is 5.32 Å². The lowest BCUT2D eigenvalue weighted by Crippen LogP contribution is -2.25. The Bertz CT molecular complexity index is 266. The number of aliphatic carboxylic acids is 1. The third kappa shape index (κ3) is 3.75. The van der Waals surface area contributed by atoms with Crippen LogP contribution in [0.1, 0.15) is 6.92 Å². The minimum absolute atomic E-state index is 0. The van der Waals surface area contributed by atoms with Gasteiger partial charge in [0.05, 0.1) is 0 Å². The predicted molar refractivity (Wildman–Crippen MR) is 52.2 cm³/mol. The minimum Gasteiger partial charge on any atom is -0.480 e. The lowest BCUT2D eigenvalue weighted by atomic mass is 10.3. The summed E-state index contributed by atoms with van der Waals surface area (Å²) in [4.78, 5) is 14.3. The maximum atomic E-state index is 10.4. The largest absolute Gasteiger partial charge is 0.480 e. The van der Waals surface area contributed by atoms with Crippen molar-refractivity contribution in [1.29, 1.82) is 0 Å². The van der Waals surface area contributed by atoms with Gasteiger partial charge in [-0.25, -0.2) is 4.98 Å². The second-order valence-electron chi connectivity index (χ2n) is 2.42. The van der Waals surface area contributed by atoms with E-state index in [2.05, 4.69) is 10.3 Å². The van der Waals surface area contributed by atoms with E-state index < -0.39 is 12.0 Å². The highest BCUT2D eigenvalue weighted by Gasteiger charge is 2.09. The third-order valence-electron chi connectivity index (χ3n) is 1.40. The Morgan fingerprint density at radius 2 is 2.31 bits per heavy atom. The van der Waals surface area contributed by atoms with Gasteiger partial charge in [-0.2, -0.15) is 0 Å². The third-order valence-corrected chi connectivity index (χ3v) is 1.40. The minimum atomic E-state index is -0.888. The lowest BCUT2D eigenvalue weighted by Gasteiger charge is -2.08. The molecule has 1 heterocycles. The highest BCUT2D eigenvalue weighted by Crippen LogP contribution is 2.01. The van der Waals surface area contributed by atoms with Gasteiger partial charge in [-0.15, -0.1) is 12.4 Å². The molecule has 0 saturated carbocycles. The molecule has 0 aliphatic rings. The number of aromatic nitrogens is 1. The van der Waals surface area contributed by atoms with Crippen LogP contribution < -0.4 is 5.32 Å². The molecule has 0 bridgehead atoms. The molecule has 72 valence electrons. The van der Waals surface area contributed by atoms with E-state index in [-0.39, 0.29) is 12.4 Å². The van der Waals surface area contributed by atoms with Gasteiger partial charge >= 0.3 is 5.97 Å². The van der Waals surface area contributed by atoms with Crippen molar-refractivity contribution < 1.29 is 9.90 Å². The molecule has 4 nitrogen and oxygen atoms in total. The number of pyridine rings is 1. The van der Waals surface area contributed by atoms with Crippen LogP contribution in [0.25, 0.3) is 0 Å². The van der Waals surface area contributed by atoms with E-state index >= 15 is 0 Å². The molecule has 0 aliphatic carbocycles. The highest BCUT2D eigenvalue weighted by molar-refractivity contribution is 5.85. The second-order valence-corrected chi connectivity index (χ2v) is 2.42. The van der Waals surface area contributed by atoms with E-state index in [0.717, 1.165) is 0 Å². The molecule has 1 rings (SSSR count). The molecule has 0 amide bonds. The summed E-state index contributed by atoms with van der Waals surface area (Å²) < 4.78 is 0. The molecule has 2 N–H and O–H groups in total. The van der Waals surface area contributed by atoms with Gasteiger partial charge < -0.3 is 10.4 Å². The molecule has 1 aromatic rings. The molecule has 0 aliphatic heterocycles. The Morgan fingerprint density at radius 3 is 2.77 bits per heavy atom. The van der Waals surface area contributed by atoms with Crippen molar-refractivity contribution in [3.63, 3.8) is 0 Å². The van der Waals surface area contributed by atoms with Crippen molar-refractivity contribution >= 4 is 24.2 Å². The number of carboxylic acids is 1. The highest BCUT2D eigenvalue weighted by atomic mass is 35.5. The van der Waals surface area contributed by atoms with E-state index in [9.17, 15) is 4.79 Å². The first-order valence-electron chi connectivity index (χ1n) is 3.60. The van der Waals surface area contributed by atoms with Gasteiger partial charge in [0, 0.05) is 6.20 Å². The Balaban J connectivity index is 0.00000144. The van der Waals surface area contributed by atoms with Gasteiger partial charge in [0.2, 0.25) is 0 Å². The van der Waals surface area contributed by atoms with Crippen LogP contribution in [0.15, 0.2) is 24.4 Å². The number of nitrogens with zero attached hydrogens (tertiary/aromatic N) is 1. The zero-order chi connectivity index (χ0) is 8.97. The first kappa shape index (κ1) is 11.7. The molecule has 0 saturated heterocycles. The van der Waals surface area contributed by atoms with E-state index in [1.54, 1.807) is 31.3 Å². The van der Waals surface area contributed by atoms with E-state index in [0.29, 0.717) is 5.82 Å². The molecular weight excluding hydrogens is 192 g/mol. The molecule has 1 aromatic heterocycles. The van der Waals surface area contributed by atoms with Crippen LogP contribution in [0, 0.1) is 0 Å². The number of carboxylic acid groups (broad SMARTS) is 1. The summed E-state index contributed by atoms with van der Waals surface area (Å²) >= 11 is 0. The fourth-order valence-corrected chi connectivity index (χ4v) is 0.732.